The zero-order valence-corrected chi connectivity index (χ0v) is 14.8. The quantitative estimate of drug-likeness (QED) is 0.848. The maximum absolute atomic E-state index is 12.4. The third-order valence-electron chi connectivity index (χ3n) is 3.43. The van der Waals surface area contributed by atoms with E-state index in [-0.39, 0.29) is 12.3 Å². The molecule has 2 heterocycles. The lowest BCUT2D eigenvalue weighted by atomic mass is 10.1. The van der Waals surface area contributed by atoms with E-state index in [4.69, 9.17) is 9.47 Å². The molecule has 1 N–H and O–H groups in total. The molecule has 1 aliphatic heterocycles. The molecule has 0 aliphatic carbocycles. The standard InChI is InChI=1S/C19H19N3O4/c1-19(2,3)26-18(24)22-15-11-25-16-8-7-12(10-14(16)21-17(15)23)13-6-4-5-9-20-13/h4-10H,11H2,1-3H3,(H,21,23)/b22-15+. The number of carbonyl (C=O) groups excluding carboxylic acids is 2. The SMILES string of the molecule is CC(C)(C)OC(=O)/N=C1\COc2ccc(-c3ccccn3)cc2NC1=O. The van der Waals surface area contributed by atoms with Crippen LogP contribution in [0.15, 0.2) is 47.6 Å². The summed E-state index contributed by atoms with van der Waals surface area (Å²) in [6.07, 6.45) is 0.869. The van der Waals surface area contributed by atoms with Gasteiger partial charge in [0.1, 0.15) is 18.0 Å². The van der Waals surface area contributed by atoms with Gasteiger partial charge in [0.25, 0.3) is 5.91 Å². The van der Waals surface area contributed by atoms with Crippen molar-refractivity contribution in [2.75, 3.05) is 11.9 Å². The van der Waals surface area contributed by atoms with Gasteiger partial charge in [0.15, 0.2) is 5.71 Å². The van der Waals surface area contributed by atoms with Crippen LogP contribution in [0.25, 0.3) is 11.3 Å². The van der Waals surface area contributed by atoms with Gasteiger partial charge in [-0.15, -0.1) is 0 Å². The Bertz CT molecular complexity index is 870. The molecule has 0 radical (unpaired) electrons. The summed E-state index contributed by atoms with van der Waals surface area (Å²) in [5, 5.41) is 2.72. The first-order valence-electron chi connectivity index (χ1n) is 8.12. The Kier molecular flexibility index (Phi) is 4.71. The first-order chi connectivity index (χ1) is 12.3. The maximum atomic E-state index is 12.4. The Balaban J connectivity index is 1.83. The molecule has 3 rings (SSSR count). The number of anilines is 1. The van der Waals surface area contributed by atoms with E-state index in [0.29, 0.717) is 11.4 Å². The summed E-state index contributed by atoms with van der Waals surface area (Å²) in [5.74, 6) is -0.0137. The average molecular weight is 353 g/mol. The molecule has 0 saturated heterocycles. The largest absolute Gasteiger partial charge is 0.485 e. The number of fused-ring (bicyclic) bond motifs is 1. The van der Waals surface area contributed by atoms with E-state index >= 15 is 0 Å². The van der Waals surface area contributed by atoms with Crippen LogP contribution < -0.4 is 10.1 Å². The van der Waals surface area contributed by atoms with Crippen molar-refractivity contribution in [3.05, 3.63) is 42.6 Å². The molecule has 2 amide bonds. The molecule has 0 saturated carbocycles. The first-order valence-corrected chi connectivity index (χ1v) is 8.12. The monoisotopic (exact) mass is 353 g/mol. The summed E-state index contributed by atoms with van der Waals surface area (Å²) >= 11 is 0. The minimum Gasteiger partial charge on any atom is -0.485 e. The van der Waals surface area contributed by atoms with Gasteiger partial charge in [-0.2, -0.15) is 4.99 Å². The highest BCUT2D eigenvalue weighted by molar-refractivity contribution is 6.45. The maximum Gasteiger partial charge on any atom is 0.434 e. The normalized spacial score (nSPS) is 15.5. The molecule has 0 unspecified atom stereocenters. The number of benzene rings is 1. The molecule has 1 aromatic heterocycles. The van der Waals surface area contributed by atoms with Gasteiger partial charge in [-0.3, -0.25) is 9.78 Å². The van der Waals surface area contributed by atoms with Gasteiger partial charge in [-0.05, 0) is 51.1 Å². The number of amides is 2. The highest BCUT2D eigenvalue weighted by Crippen LogP contribution is 2.31. The van der Waals surface area contributed by atoms with Crippen LogP contribution in [0.1, 0.15) is 20.8 Å². The second-order valence-electron chi connectivity index (χ2n) is 6.71. The minimum absolute atomic E-state index is 0.0464. The summed E-state index contributed by atoms with van der Waals surface area (Å²) in [5.41, 5.74) is 1.36. The van der Waals surface area contributed by atoms with Crippen LogP contribution in [0.5, 0.6) is 5.75 Å². The zero-order valence-electron chi connectivity index (χ0n) is 14.8. The van der Waals surface area contributed by atoms with Gasteiger partial charge in [0, 0.05) is 11.8 Å². The van der Waals surface area contributed by atoms with Crippen molar-refractivity contribution in [3.63, 3.8) is 0 Å². The summed E-state index contributed by atoms with van der Waals surface area (Å²) in [6, 6.07) is 11.0. The Morgan fingerprint density at radius 3 is 2.77 bits per heavy atom. The second kappa shape index (κ2) is 6.95. The predicted octanol–water partition coefficient (Wildman–Crippen LogP) is 3.46. The van der Waals surface area contributed by atoms with Gasteiger partial charge in [-0.25, -0.2) is 4.79 Å². The van der Waals surface area contributed by atoms with Crippen molar-refractivity contribution in [2.24, 2.45) is 4.99 Å². The topological polar surface area (TPSA) is 89.9 Å². The van der Waals surface area contributed by atoms with Gasteiger partial charge >= 0.3 is 6.09 Å². The highest BCUT2D eigenvalue weighted by atomic mass is 16.6. The molecule has 26 heavy (non-hydrogen) atoms. The van der Waals surface area contributed by atoms with Gasteiger partial charge < -0.3 is 14.8 Å². The molecular formula is C19H19N3O4. The number of pyridine rings is 1. The highest BCUT2D eigenvalue weighted by Gasteiger charge is 2.23. The Morgan fingerprint density at radius 2 is 2.08 bits per heavy atom. The predicted molar refractivity (Wildman–Crippen MR) is 97.5 cm³/mol. The smallest absolute Gasteiger partial charge is 0.434 e. The van der Waals surface area contributed by atoms with E-state index < -0.39 is 17.6 Å². The fourth-order valence-electron chi connectivity index (χ4n) is 2.33. The molecule has 134 valence electrons. The lowest BCUT2D eigenvalue weighted by Crippen LogP contribution is -2.28. The lowest BCUT2D eigenvalue weighted by molar-refractivity contribution is -0.110. The van der Waals surface area contributed by atoms with Crippen molar-refractivity contribution < 1.29 is 19.1 Å². The van der Waals surface area contributed by atoms with Crippen LogP contribution >= 0.6 is 0 Å². The van der Waals surface area contributed by atoms with Crippen molar-refractivity contribution in [1.29, 1.82) is 0 Å². The van der Waals surface area contributed by atoms with Crippen LogP contribution in [-0.2, 0) is 9.53 Å². The summed E-state index contributed by atoms with van der Waals surface area (Å²) in [4.78, 5) is 32.2. The van der Waals surface area contributed by atoms with Crippen LogP contribution in [0, 0.1) is 0 Å². The minimum atomic E-state index is -0.827. The van der Waals surface area contributed by atoms with Crippen molar-refractivity contribution in [1.82, 2.24) is 4.98 Å². The molecule has 1 aliphatic rings. The Labute approximate surface area is 151 Å². The van der Waals surface area contributed by atoms with Gasteiger partial charge in [0.2, 0.25) is 0 Å². The fraction of sp³-hybridized carbons (Fsp3) is 0.263. The van der Waals surface area contributed by atoms with E-state index in [1.165, 1.54) is 0 Å². The first kappa shape index (κ1) is 17.6. The number of aliphatic imine (C=N–C) groups is 1. The third-order valence-corrected chi connectivity index (χ3v) is 3.43. The fourth-order valence-corrected chi connectivity index (χ4v) is 2.33. The van der Waals surface area contributed by atoms with Crippen molar-refractivity contribution >= 4 is 23.4 Å². The van der Waals surface area contributed by atoms with E-state index in [0.717, 1.165) is 11.3 Å². The van der Waals surface area contributed by atoms with Gasteiger partial charge in [0.05, 0.1) is 11.4 Å². The number of carbonyl (C=O) groups is 2. The van der Waals surface area contributed by atoms with E-state index in [9.17, 15) is 9.59 Å². The molecule has 0 atom stereocenters. The zero-order chi connectivity index (χ0) is 18.7. The molecular weight excluding hydrogens is 334 g/mol. The molecule has 1 aromatic carbocycles. The van der Waals surface area contributed by atoms with Crippen molar-refractivity contribution in [2.45, 2.75) is 26.4 Å². The molecule has 0 fully saturated rings. The number of aromatic nitrogens is 1. The van der Waals surface area contributed by atoms with Crippen LogP contribution in [0.4, 0.5) is 10.5 Å². The van der Waals surface area contributed by atoms with Crippen LogP contribution in [0.3, 0.4) is 0 Å². The summed E-state index contributed by atoms with van der Waals surface area (Å²) < 4.78 is 10.7. The second-order valence-corrected chi connectivity index (χ2v) is 6.71. The third kappa shape index (κ3) is 4.24. The molecule has 0 bridgehead atoms. The number of hydrogen-bond donors (Lipinski definition) is 1. The molecule has 7 nitrogen and oxygen atoms in total. The molecule has 0 spiro atoms. The average Bonchev–Trinajstić information content (AvgIpc) is 2.72. The summed E-state index contributed by atoms with van der Waals surface area (Å²) in [6.45, 7) is 5.05. The number of rotatable bonds is 1. The van der Waals surface area contributed by atoms with E-state index in [1.54, 1.807) is 39.1 Å². The number of ether oxygens (including phenoxy) is 2. The van der Waals surface area contributed by atoms with Crippen molar-refractivity contribution in [3.8, 4) is 17.0 Å². The lowest BCUT2D eigenvalue weighted by Gasteiger charge is -2.17. The van der Waals surface area contributed by atoms with E-state index in [2.05, 4.69) is 15.3 Å². The Morgan fingerprint density at radius 1 is 1.27 bits per heavy atom. The van der Waals surface area contributed by atoms with E-state index in [1.807, 2.05) is 24.3 Å². The Hall–Kier alpha value is -3.22. The van der Waals surface area contributed by atoms with Gasteiger partial charge in [-0.1, -0.05) is 6.07 Å². The number of nitrogens with zero attached hydrogens (tertiary/aromatic N) is 2. The van der Waals surface area contributed by atoms with Crippen LogP contribution in [0.2, 0.25) is 0 Å². The number of hydrogen-bond acceptors (Lipinski definition) is 5. The molecule has 2 aromatic rings. The molecule has 7 heteroatoms. The number of nitrogens with one attached hydrogen (secondary N) is 1. The van der Waals surface area contributed by atoms with Crippen LogP contribution in [-0.4, -0.2) is 34.9 Å². The summed E-state index contributed by atoms with van der Waals surface area (Å²) in [7, 11) is 0.